The van der Waals surface area contributed by atoms with E-state index in [1.807, 2.05) is 0 Å². The first-order valence-electron chi connectivity index (χ1n) is 3.40. The van der Waals surface area contributed by atoms with Gasteiger partial charge >= 0.3 is 0 Å². The largest absolute Gasteiger partial charge is 0.329 e. The summed E-state index contributed by atoms with van der Waals surface area (Å²) in [6, 6.07) is 5.16. The highest BCUT2D eigenvalue weighted by Gasteiger charge is 2.00. The van der Waals surface area contributed by atoms with Gasteiger partial charge in [-0.2, -0.15) is 0 Å². The van der Waals surface area contributed by atoms with Crippen molar-refractivity contribution in [1.82, 2.24) is 9.97 Å². The maximum Gasteiger partial charge on any atom is 0.201 e. The fraction of sp³-hybridized carbons (Fsp3) is 0. The molecule has 1 aromatic carbocycles. The summed E-state index contributed by atoms with van der Waals surface area (Å²) >= 11 is 5.62. The van der Waals surface area contributed by atoms with Crippen LogP contribution in [0.3, 0.4) is 0 Å². The van der Waals surface area contributed by atoms with E-state index < -0.39 is 0 Å². The molecule has 2 aromatic rings. The molecule has 2 rings (SSSR count). The van der Waals surface area contributed by atoms with Crippen LogP contribution in [0.15, 0.2) is 18.2 Å². The Morgan fingerprint density at radius 2 is 2.33 bits per heavy atom. The van der Waals surface area contributed by atoms with Gasteiger partial charge in [0, 0.05) is 5.56 Å². The standard InChI is InChI=1S/C8H5ClN2O/c9-8-10-6-2-1-5(4-12)3-7(6)11-8/h1-4H,(H,10,11). The van der Waals surface area contributed by atoms with Crippen molar-refractivity contribution in [2.24, 2.45) is 0 Å². The zero-order valence-corrected chi connectivity index (χ0v) is 6.80. The number of hydrogen-bond donors (Lipinski definition) is 1. The molecule has 0 radical (unpaired) electrons. The maximum absolute atomic E-state index is 10.4. The predicted molar refractivity (Wildman–Crippen MR) is 46.5 cm³/mol. The minimum atomic E-state index is 0.341. The van der Waals surface area contributed by atoms with E-state index in [4.69, 9.17) is 11.6 Å². The van der Waals surface area contributed by atoms with Crippen molar-refractivity contribution in [3.8, 4) is 0 Å². The lowest BCUT2D eigenvalue weighted by Gasteiger charge is -1.88. The molecule has 4 heteroatoms. The van der Waals surface area contributed by atoms with Gasteiger partial charge in [0.25, 0.3) is 0 Å². The Labute approximate surface area is 73.4 Å². The smallest absolute Gasteiger partial charge is 0.201 e. The maximum atomic E-state index is 10.4. The zero-order chi connectivity index (χ0) is 8.55. The number of carbonyl (C=O) groups excluding carboxylic acids is 1. The highest BCUT2D eigenvalue weighted by molar-refractivity contribution is 6.29. The quantitative estimate of drug-likeness (QED) is 0.683. The van der Waals surface area contributed by atoms with Gasteiger partial charge in [0.05, 0.1) is 11.0 Å². The number of hydrogen-bond acceptors (Lipinski definition) is 2. The topological polar surface area (TPSA) is 45.8 Å². The van der Waals surface area contributed by atoms with Crippen LogP contribution in [0.2, 0.25) is 5.28 Å². The summed E-state index contributed by atoms with van der Waals surface area (Å²) in [5.74, 6) is 0. The van der Waals surface area contributed by atoms with Gasteiger partial charge in [-0.3, -0.25) is 4.79 Å². The molecule has 0 amide bonds. The number of nitrogens with one attached hydrogen (secondary N) is 1. The number of nitrogens with zero attached hydrogens (tertiary/aromatic N) is 1. The number of aromatic amines is 1. The van der Waals surface area contributed by atoms with Crippen LogP contribution in [0.1, 0.15) is 10.4 Å². The molecule has 0 aliphatic carbocycles. The Kier molecular flexibility index (Phi) is 1.59. The van der Waals surface area contributed by atoms with Crippen LogP contribution in [0, 0.1) is 0 Å². The zero-order valence-electron chi connectivity index (χ0n) is 6.04. The molecule has 0 aliphatic heterocycles. The highest BCUT2D eigenvalue weighted by atomic mass is 35.5. The number of rotatable bonds is 1. The van der Waals surface area contributed by atoms with E-state index >= 15 is 0 Å². The fourth-order valence-corrected chi connectivity index (χ4v) is 1.26. The van der Waals surface area contributed by atoms with E-state index in [9.17, 15) is 4.79 Å². The first-order chi connectivity index (χ1) is 5.79. The van der Waals surface area contributed by atoms with Gasteiger partial charge in [0.1, 0.15) is 6.29 Å². The second kappa shape index (κ2) is 2.60. The molecule has 0 saturated heterocycles. The second-order valence-corrected chi connectivity index (χ2v) is 2.78. The van der Waals surface area contributed by atoms with E-state index in [0.717, 1.165) is 17.3 Å². The summed E-state index contributed by atoms with van der Waals surface area (Å²) < 4.78 is 0. The van der Waals surface area contributed by atoms with Crippen molar-refractivity contribution in [1.29, 1.82) is 0 Å². The van der Waals surface area contributed by atoms with E-state index in [0.29, 0.717) is 10.8 Å². The van der Waals surface area contributed by atoms with E-state index in [-0.39, 0.29) is 0 Å². The Bertz CT molecular complexity index is 436. The molecule has 0 spiro atoms. The minimum absolute atomic E-state index is 0.341. The average molecular weight is 181 g/mol. The molecular formula is C8H5ClN2O. The summed E-state index contributed by atoms with van der Waals surface area (Å²) in [7, 11) is 0. The highest BCUT2D eigenvalue weighted by Crippen LogP contribution is 2.14. The molecule has 1 heterocycles. The Balaban J connectivity index is 2.74. The molecule has 0 unspecified atom stereocenters. The SMILES string of the molecule is O=Cc1ccc2nc(Cl)[nH]c2c1. The average Bonchev–Trinajstić information content (AvgIpc) is 2.43. The Morgan fingerprint density at radius 3 is 3.08 bits per heavy atom. The number of aldehydes is 1. The molecule has 0 fully saturated rings. The van der Waals surface area contributed by atoms with E-state index in [1.54, 1.807) is 18.2 Å². The summed E-state index contributed by atoms with van der Waals surface area (Å²) in [6.45, 7) is 0. The molecule has 12 heavy (non-hydrogen) atoms. The van der Waals surface area contributed by atoms with E-state index in [2.05, 4.69) is 9.97 Å². The number of H-pyrrole nitrogens is 1. The van der Waals surface area contributed by atoms with Crippen molar-refractivity contribution in [3.63, 3.8) is 0 Å². The minimum Gasteiger partial charge on any atom is -0.329 e. The van der Waals surface area contributed by atoms with Crippen molar-refractivity contribution in [3.05, 3.63) is 29.0 Å². The molecule has 0 bridgehead atoms. The van der Waals surface area contributed by atoms with Crippen LogP contribution in [0.4, 0.5) is 0 Å². The monoisotopic (exact) mass is 180 g/mol. The van der Waals surface area contributed by atoms with Gasteiger partial charge in [0.2, 0.25) is 5.28 Å². The predicted octanol–water partition coefficient (Wildman–Crippen LogP) is 2.03. The fourth-order valence-electron chi connectivity index (χ4n) is 1.07. The van der Waals surface area contributed by atoms with Gasteiger partial charge < -0.3 is 4.98 Å². The Morgan fingerprint density at radius 1 is 1.50 bits per heavy atom. The number of benzene rings is 1. The van der Waals surface area contributed by atoms with Crippen molar-refractivity contribution >= 4 is 28.9 Å². The molecule has 3 nitrogen and oxygen atoms in total. The van der Waals surface area contributed by atoms with Crippen molar-refractivity contribution in [2.75, 3.05) is 0 Å². The Hall–Kier alpha value is -1.35. The molecule has 0 atom stereocenters. The summed E-state index contributed by atoms with van der Waals surface area (Å²) in [5.41, 5.74) is 2.16. The summed E-state index contributed by atoms with van der Waals surface area (Å²) in [6.07, 6.45) is 0.786. The third-order valence-electron chi connectivity index (χ3n) is 1.61. The third-order valence-corrected chi connectivity index (χ3v) is 1.79. The van der Waals surface area contributed by atoms with Crippen LogP contribution in [0.25, 0.3) is 11.0 Å². The lowest BCUT2D eigenvalue weighted by atomic mass is 10.2. The van der Waals surface area contributed by atoms with Gasteiger partial charge in [-0.1, -0.05) is 0 Å². The molecule has 1 aromatic heterocycles. The first kappa shape index (κ1) is 7.31. The van der Waals surface area contributed by atoms with Gasteiger partial charge in [-0.25, -0.2) is 4.98 Å². The van der Waals surface area contributed by atoms with Gasteiger partial charge in [-0.15, -0.1) is 0 Å². The van der Waals surface area contributed by atoms with Crippen molar-refractivity contribution < 1.29 is 4.79 Å². The number of aromatic nitrogens is 2. The first-order valence-corrected chi connectivity index (χ1v) is 3.78. The van der Waals surface area contributed by atoms with Gasteiger partial charge in [0.15, 0.2) is 0 Å². The number of halogens is 1. The van der Waals surface area contributed by atoms with Crippen LogP contribution >= 0.6 is 11.6 Å². The molecule has 0 saturated carbocycles. The third kappa shape index (κ3) is 1.08. The van der Waals surface area contributed by atoms with Crippen molar-refractivity contribution in [2.45, 2.75) is 0 Å². The molecule has 60 valence electrons. The van der Waals surface area contributed by atoms with E-state index in [1.165, 1.54) is 0 Å². The van der Waals surface area contributed by atoms with Crippen LogP contribution in [-0.4, -0.2) is 16.3 Å². The van der Waals surface area contributed by atoms with Crippen LogP contribution in [-0.2, 0) is 0 Å². The number of carbonyl (C=O) groups is 1. The number of imidazole rings is 1. The normalized spacial score (nSPS) is 10.4. The molecule has 1 N–H and O–H groups in total. The summed E-state index contributed by atoms with van der Waals surface area (Å²) in [5, 5.41) is 0.341. The number of fused-ring (bicyclic) bond motifs is 1. The lowest BCUT2D eigenvalue weighted by molar-refractivity contribution is 0.112. The lowest BCUT2D eigenvalue weighted by Crippen LogP contribution is -1.77. The van der Waals surface area contributed by atoms with Crippen LogP contribution in [0.5, 0.6) is 0 Å². The molecular weight excluding hydrogens is 176 g/mol. The van der Waals surface area contributed by atoms with Crippen LogP contribution < -0.4 is 0 Å². The summed E-state index contributed by atoms with van der Waals surface area (Å²) in [4.78, 5) is 17.2. The second-order valence-electron chi connectivity index (χ2n) is 2.42. The molecule has 0 aliphatic rings. The van der Waals surface area contributed by atoms with Gasteiger partial charge in [-0.05, 0) is 29.8 Å².